The molecular formula is C16H22N4OS. The number of hydrogen-bond donors (Lipinski definition) is 2. The first-order chi connectivity index (χ1) is 10.8. The molecule has 2 aromatic rings. The zero-order valence-corrected chi connectivity index (χ0v) is 13.6. The minimum absolute atomic E-state index is 0.446. The molecule has 0 aliphatic carbocycles. The van der Waals surface area contributed by atoms with Crippen molar-refractivity contribution in [1.29, 1.82) is 0 Å². The summed E-state index contributed by atoms with van der Waals surface area (Å²) < 4.78 is 5.61. The van der Waals surface area contributed by atoms with Crippen LogP contribution in [0.2, 0.25) is 0 Å². The van der Waals surface area contributed by atoms with E-state index in [9.17, 15) is 0 Å². The van der Waals surface area contributed by atoms with Gasteiger partial charge in [0.05, 0.1) is 13.2 Å². The molecule has 6 heteroatoms. The highest BCUT2D eigenvalue weighted by Crippen LogP contribution is 2.15. The number of aromatic nitrogens is 1. The van der Waals surface area contributed by atoms with Gasteiger partial charge in [-0.2, -0.15) is 0 Å². The Balaban J connectivity index is 1.82. The summed E-state index contributed by atoms with van der Waals surface area (Å²) in [7, 11) is 0. The number of pyridine rings is 1. The number of thiophene rings is 1. The molecular weight excluding hydrogens is 296 g/mol. The molecule has 2 rings (SSSR count). The van der Waals surface area contributed by atoms with Gasteiger partial charge in [-0.15, -0.1) is 11.3 Å². The molecule has 0 aliphatic heterocycles. The highest BCUT2D eigenvalue weighted by molar-refractivity contribution is 7.09. The van der Waals surface area contributed by atoms with Crippen LogP contribution in [0, 0.1) is 0 Å². The summed E-state index contributed by atoms with van der Waals surface area (Å²) in [5.74, 6) is 1.08. The van der Waals surface area contributed by atoms with Crippen molar-refractivity contribution in [3.8, 4) is 5.88 Å². The molecule has 0 spiro atoms. The fourth-order valence-corrected chi connectivity index (χ4v) is 2.58. The first-order valence-electron chi connectivity index (χ1n) is 7.42. The summed E-state index contributed by atoms with van der Waals surface area (Å²) in [6.45, 7) is 3.96. The maximum Gasteiger partial charge on any atom is 0.218 e. The number of guanidine groups is 1. The third-order valence-electron chi connectivity index (χ3n) is 2.97. The molecule has 0 atom stereocenters. The number of aliphatic imine (C=N–C) groups is 1. The second-order valence-electron chi connectivity index (χ2n) is 4.77. The van der Waals surface area contributed by atoms with Crippen molar-refractivity contribution in [3.05, 3.63) is 46.3 Å². The summed E-state index contributed by atoms with van der Waals surface area (Å²) >= 11 is 1.75. The van der Waals surface area contributed by atoms with Gasteiger partial charge < -0.3 is 15.8 Å². The molecule has 0 fully saturated rings. The molecule has 3 N–H and O–H groups in total. The highest BCUT2D eigenvalue weighted by atomic mass is 32.1. The van der Waals surface area contributed by atoms with Crippen molar-refractivity contribution in [1.82, 2.24) is 10.3 Å². The first-order valence-corrected chi connectivity index (χ1v) is 8.30. The topological polar surface area (TPSA) is 72.5 Å². The van der Waals surface area contributed by atoms with Crippen LogP contribution >= 0.6 is 11.3 Å². The van der Waals surface area contributed by atoms with Crippen LogP contribution in [-0.4, -0.2) is 24.1 Å². The number of nitrogens with two attached hydrogens (primary N) is 1. The zero-order chi connectivity index (χ0) is 15.6. The van der Waals surface area contributed by atoms with Crippen LogP contribution in [0.25, 0.3) is 0 Å². The Labute approximate surface area is 135 Å². The Hall–Kier alpha value is -2.08. The standard InChI is InChI=1S/C16H22N4OS/c1-2-10-21-15-13(5-3-8-18-15)12-20-16(17)19-9-7-14-6-4-11-22-14/h3-6,8,11H,2,7,9-10,12H2,1H3,(H3,17,19,20). The maximum absolute atomic E-state index is 5.89. The van der Waals surface area contributed by atoms with Crippen molar-refractivity contribution >= 4 is 17.3 Å². The van der Waals surface area contributed by atoms with Crippen LogP contribution in [0.15, 0.2) is 40.8 Å². The van der Waals surface area contributed by atoms with E-state index >= 15 is 0 Å². The molecule has 0 radical (unpaired) electrons. The maximum atomic E-state index is 5.89. The van der Waals surface area contributed by atoms with E-state index in [1.54, 1.807) is 17.5 Å². The molecule has 0 aromatic carbocycles. The lowest BCUT2D eigenvalue weighted by Gasteiger charge is -2.08. The summed E-state index contributed by atoms with van der Waals surface area (Å²) in [4.78, 5) is 9.92. The number of nitrogens with one attached hydrogen (secondary N) is 1. The van der Waals surface area contributed by atoms with Gasteiger partial charge in [0, 0.05) is 23.2 Å². The van der Waals surface area contributed by atoms with E-state index in [0.717, 1.165) is 24.9 Å². The normalized spacial score (nSPS) is 11.4. The quantitative estimate of drug-likeness (QED) is 0.579. The van der Waals surface area contributed by atoms with E-state index in [4.69, 9.17) is 10.5 Å². The van der Waals surface area contributed by atoms with E-state index in [1.165, 1.54) is 4.88 Å². The number of ether oxygens (including phenoxy) is 1. The number of rotatable bonds is 8. The van der Waals surface area contributed by atoms with Gasteiger partial charge in [0.15, 0.2) is 5.96 Å². The van der Waals surface area contributed by atoms with Crippen molar-refractivity contribution in [2.24, 2.45) is 10.7 Å². The summed E-state index contributed by atoms with van der Waals surface area (Å²) in [5.41, 5.74) is 6.84. The SMILES string of the molecule is CCCOc1ncccc1CN=C(N)NCCc1cccs1. The molecule has 2 heterocycles. The highest BCUT2D eigenvalue weighted by Gasteiger charge is 2.04. The summed E-state index contributed by atoms with van der Waals surface area (Å²) in [5, 5.41) is 5.20. The molecule has 0 aliphatic rings. The van der Waals surface area contributed by atoms with Crippen LogP contribution in [0.3, 0.4) is 0 Å². The third kappa shape index (κ3) is 5.37. The van der Waals surface area contributed by atoms with Gasteiger partial charge in [0.2, 0.25) is 5.88 Å². The minimum Gasteiger partial charge on any atom is -0.477 e. The van der Waals surface area contributed by atoms with Gasteiger partial charge in [-0.05, 0) is 30.4 Å². The second kappa shape index (κ2) is 9.04. The van der Waals surface area contributed by atoms with Crippen LogP contribution in [0.5, 0.6) is 5.88 Å². The fraction of sp³-hybridized carbons (Fsp3) is 0.375. The average Bonchev–Trinajstić information content (AvgIpc) is 3.05. The fourth-order valence-electron chi connectivity index (χ4n) is 1.87. The van der Waals surface area contributed by atoms with Gasteiger partial charge in [-0.1, -0.05) is 19.1 Å². The van der Waals surface area contributed by atoms with Crippen LogP contribution in [0.4, 0.5) is 0 Å². The summed E-state index contributed by atoms with van der Waals surface area (Å²) in [6.07, 6.45) is 3.62. The lowest BCUT2D eigenvalue weighted by Crippen LogP contribution is -2.33. The van der Waals surface area contributed by atoms with E-state index in [-0.39, 0.29) is 0 Å². The smallest absolute Gasteiger partial charge is 0.218 e. The monoisotopic (exact) mass is 318 g/mol. The van der Waals surface area contributed by atoms with Gasteiger partial charge in [-0.3, -0.25) is 0 Å². The largest absolute Gasteiger partial charge is 0.477 e. The van der Waals surface area contributed by atoms with Crippen LogP contribution < -0.4 is 15.8 Å². The van der Waals surface area contributed by atoms with E-state index in [0.29, 0.717) is 25.0 Å². The van der Waals surface area contributed by atoms with Crippen LogP contribution in [0.1, 0.15) is 23.8 Å². The lowest BCUT2D eigenvalue weighted by molar-refractivity contribution is 0.302. The lowest BCUT2D eigenvalue weighted by atomic mass is 10.3. The Morgan fingerprint density at radius 1 is 1.41 bits per heavy atom. The van der Waals surface area contributed by atoms with E-state index < -0.39 is 0 Å². The second-order valence-corrected chi connectivity index (χ2v) is 5.81. The van der Waals surface area contributed by atoms with Crippen molar-refractivity contribution in [2.45, 2.75) is 26.3 Å². The zero-order valence-electron chi connectivity index (χ0n) is 12.8. The van der Waals surface area contributed by atoms with Crippen molar-refractivity contribution in [3.63, 3.8) is 0 Å². The van der Waals surface area contributed by atoms with Gasteiger partial charge in [0.1, 0.15) is 0 Å². The molecule has 5 nitrogen and oxygen atoms in total. The third-order valence-corrected chi connectivity index (χ3v) is 3.91. The molecule has 0 unspecified atom stereocenters. The minimum atomic E-state index is 0.446. The van der Waals surface area contributed by atoms with Gasteiger partial charge >= 0.3 is 0 Å². The molecule has 118 valence electrons. The number of hydrogen-bond acceptors (Lipinski definition) is 4. The van der Waals surface area contributed by atoms with Crippen LogP contribution in [-0.2, 0) is 13.0 Å². The predicted molar refractivity (Wildman–Crippen MR) is 91.4 cm³/mol. The van der Waals surface area contributed by atoms with E-state index in [1.807, 2.05) is 12.1 Å². The number of nitrogens with zero attached hydrogens (tertiary/aromatic N) is 2. The Bertz CT molecular complexity index is 584. The molecule has 2 aromatic heterocycles. The first kappa shape index (κ1) is 16.3. The van der Waals surface area contributed by atoms with E-state index in [2.05, 4.69) is 39.7 Å². The molecule has 0 saturated heterocycles. The molecule has 22 heavy (non-hydrogen) atoms. The molecule has 0 amide bonds. The van der Waals surface area contributed by atoms with Gasteiger partial charge in [0.25, 0.3) is 0 Å². The van der Waals surface area contributed by atoms with Crippen molar-refractivity contribution in [2.75, 3.05) is 13.2 Å². The van der Waals surface area contributed by atoms with Gasteiger partial charge in [-0.25, -0.2) is 9.98 Å². The Kier molecular flexibility index (Phi) is 6.70. The predicted octanol–water partition coefficient (Wildman–Crippen LogP) is 2.58. The molecule has 0 bridgehead atoms. The molecule has 0 saturated carbocycles. The summed E-state index contributed by atoms with van der Waals surface area (Å²) in [6, 6.07) is 8.01. The van der Waals surface area contributed by atoms with Crippen molar-refractivity contribution < 1.29 is 4.74 Å². The Morgan fingerprint density at radius 3 is 3.09 bits per heavy atom. The Morgan fingerprint density at radius 2 is 2.32 bits per heavy atom. The average molecular weight is 318 g/mol.